The number of carbonyl (C=O) groups excluding carboxylic acids is 1. The Morgan fingerprint density at radius 1 is 1.24 bits per heavy atom. The first-order valence-electron chi connectivity index (χ1n) is 7.62. The van der Waals surface area contributed by atoms with Crippen LogP contribution in [0.5, 0.6) is 5.75 Å². The van der Waals surface area contributed by atoms with Crippen molar-refractivity contribution in [2.24, 2.45) is 0 Å². The SMILES string of the molecule is COc1ccc(CC(=O)NCc2nc(-c3cccc(Cl)c3)no2)cc1. The summed E-state index contributed by atoms with van der Waals surface area (Å²) in [5.74, 6) is 1.39. The molecule has 2 aromatic carbocycles. The first kappa shape index (κ1) is 17.0. The molecule has 0 radical (unpaired) electrons. The molecule has 0 aliphatic heterocycles. The zero-order valence-electron chi connectivity index (χ0n) is 13.5. The number of rotatable bonds is 6. The summed E-state index contributed by atoms with van der Waals surface area (Å²) >= 11 is 5.95. The molecule has 128 valence electrons. The van der Waals surface area contributed by atoms with Crippen molar-refractivity contribution in [3.63, 3.8) is 0 Å². The van der Waals surface area contributed by atoms with Gasteiger partial charge in [-0.3, -0.25) is 4.79 Å². The second-order valence-electron chi connectivity index (χ2n) is 5.32. The van der Waals surface area contributed by atoms with E-state index in [1.165, 1.54) is 0 Å². The van der Waals surface area contributed by atoms with Crippen molar-refractivity contribution in [1.82, 2.24) is 15.5 Å². The van der Waals surface area contributed by atoms with Gasteiger partial charge in [0.15, 0.2) is 0 Å². The highest BCUT2D eigenvalue weighted by atomic mass is 35.5. The topological polar surface area (TPSA) is 77.2 Å². The third kappa shape index (κ3) is 4.58. The molecule has 0 spiro atoms. The quantitative estimate of drug-likeness (QED) is 0.732. The second-order valence-corrected chi connectivity index (χ2v) is 5.76. The molecule has 1 aromatic heterocycles. The van der Waals surface area contributed by atoms with Gasteiger partial charge in [-0.1, -0.05) is 41.0 Å². The van der Waals surface area contributed by atoms with Crippen molar-refractivity contribution in [1.29, 1.82) is 0 Å². The first-order valence-corrected chi connectivity index (χ1v) is 8.00. The lowest BCUT2D eigenvalue weighted by molar-refractivity contribution is -0.120. The number of ether oxygens (including phenoxy) is 1. The Bertz CT molecular complexity index is 862. The molecule has 0 saturated heterocycles. The molecular formula is C18H16ClN3O3. The molecule has 1 heterocycles. The van der Waals surface area contributed by atoms with Crippen LogP contribution in [-0.2, 0) is 17.8 Å². The molecule has 0 atom stereocenters. The molecule has 0 aliphatic carbocycles. The van der Waals surface area contributed by atoms with Gasteiger partial charge in [0.25, 0.3) is 0 Å². The van der Waals surface area contributed by atoms with Gasteiger partial charge in [-0.25, -0.2) is 0 Å². The molecule has 7 heteroatoms. The van der Waals surface area contributed by atoms with Crippen LogP contribution in [-0.4, -0.2) is 23.2 Å². The number of halogens is 1. The average Bonchev–Trinajstić information content (AvgIpc) is 3.10. The van der Waals surface area contributed by atoms with Crippen molar-refractivity contribution >= 4 is 17.5 Å². The van der Waals surface area contributed by atoms with Crippen molar-refractivity contribution in [2.45, 2.75) is 13.0 Å². The molecule has 0 saturated carbocycles. The number of carbonyl (C=O) groups is 1. The van der Waals surface area contributed by atoms with Gasteiger partial charge in [0.1, 0.15) is 5.75 Å². The lowest BCUT2D eigenvalue weighted by Gasteiger charge is -2.04. The van der Waals surface area contributed by atoms with E-state index >= 15 is 0 Å². The van der Waals surface area contributed by atoms with E-state index in [0.717, 1.165) is 16.9 Å². The number of nitrogens with one attached hydrogen (secondary N) is 1. The fourth-order valence-electron chi connectivity index (χ4n) is 2.24. The number of benzene rings is 2. The van der Waals surface area contributed by atoms with Gasteiger partial charge in [0.2, 0.25) is 17.6 Å². The summed E-state index contributed by atoms with van der Waals surface area (Å²) in [6, 6.07) is 14.5. The normalized spacial score (nSPS) is 10.5. The third-order valence-corrected chi connectivity index (χ3v) is 3.75. The lowest BCUT2D eigenvalue weighted by Crippen LogP contribution is -2.24. The van der Waals surface area contributed by atoms with E-state index in [-0.39, 0.29) is 18.9 Å². The Morgan fingerprint density at radius 2 is 2.04 bits per heavy atom. The monoisotopic (exact) mass is 357 g/mol. The maximum atomic E-state index is 12.0. The molecule has 6 nitrogen and oxygen atoms in total. The van der Waals surface area contributed by atoms with Crippen LogP contribution in [0.3, 0.4) is 0 Å². The molecule has 3 rings (SSSR count). The predicted molar refractivity (Wildman–Crippen MR) is 93.3 cm³/mol. The van der Waals surface area contributed by atoms with Gasteiger partial charge in [0, 0.05) is 10.6 Å². The minimum Gasteiger partial charge on any atom is -0.497 e. The summed E-state index contributed by atoms with van der Waals surface area (Å²) in [5, 5.41) is 7.25. The summed E-state index contributed by atoms with van der Waals surface area (Å²) in [6.45, 7) is 0.169. The van der Waals surface area contributed by atoms with Crippen LogP contribution in [0.25, 0.3) is 11.4 Å². The molecule has 25 heavy (non-hydrogen) atoms. The third-order valence-electron chi connectivity index (χ3n) is 3.51. The number of amides is 1. The van der Waals surface area contributed by atoms with E-state index in [0.29, 0.717) is 16.7 Å². The van der Waals surface area contributed by atoms with Crippen molar-refractivity contribution < 1.29 is 14.1 Å². The summed E-state index contributed by atoms with van der Waals surface area (Å²) < 4.78 is 10.2. The molecule has 0 unspecified atom stereocenters. The van der Waals surface area contributed by atoms with E-state index in [4.69, 9.17) is 20.9 Å². The summed E-state index contributed by atoms with van der Waals surface area (Å²) in [5.41, 5.74) is 1.65. The first-order chi connectivity index (χ1) is 12.1. The minimum absolute atomic E-state index is 0.132. The second kappa shape index (κ2) is 7.81. The van der Waals surface area contributed by atoms with Crippen LogP contribution < -0.4 is 10.1 Å². The summed E-state index contributed by atoms with van der Waals surface area (Å²) in [6.07, 6.45) is 0.263. The van der Waals surface area contributed by atoms with Gasteiger partial charge in [-0.05, 0) is 29.8 Å². The fourth-order valence-corrected chi connectivity index (χ4v) is 2.43. The van der Waals surface area contributed by atoms with Crippen molar-refractivity contribution in [2.75, 3.05) is 7.11 Å². The van der Waals surface area contributed by atoms with Crippen LogP contribution in [0.2, 0.25) is 5.02 Å². The van der Waals surface area contributed by atoms with Gasteiger partial charge >= 0.3 is 0 Å². The number of hydrogen-bond donors (Lipinski definition) is 1. The highest BCUT2D eigenvalue weighted by Gasteiger charge is 2.10. The Labute approximate surface area is 149 Å². The maximum absolute atomic E-state index is 12.0. The van der Waals surface area contributed by atoms with E-state index in [1.807, 2.05) is 36.4 Å². The summed E-state index contributed by atoms with van der Waals surface area (Å²) in [7, 11) is 1.60. The Hall–Kier alpha value is -2.86. The highest BCUT2D eigenvalue weighted by Crippen LogP contribution is 2.19. The van der Waals surface area contributed by atoms with Crippen LogP contribution in [0.1, 0.15) is 11.5 Å². The highest BCUT2D eigenvalue weighted by molar-refractivity contribution is 6.30. The number of methoxy groups -OCH3 is 1. The average molecular weight is 358 g/mol. The molecule has 1 N–H and O–H groups in total. The number of aromatic nitrogens is 2. The Balaban J connectivity index is 1.55. The predicted octanol–water partition coefficient (Wildman–Crippen LogP) is 3.26. The summed E-state index contributed by atoms with van der Waals surface area (Å²) in [4.78, 5) is 16.3. The van der Waals surface area contributed by atoms with E-state index < -0.39 is 0 Å². The number of hydrogen-bond acceptors (Lipinski definition) is 5. The molecule has 1 amide bonds. The van der Waals surface area contributed by atoms with Crippen LogP contribution >= 0.6 is 11.6 Å². The van der Waals surface area contributed by atoms with Crippen molar-refractivity contribution in [3.8, 4) is 17.1 Å². The Kier molecular flexibility index (Phi) is 5.30. The van der Waals surface area contributed by atoms with E-state index in [2.05, 4.69) is 15.5 Å². The maximum Gasteiger partial charge on any atom is 0.246 e. The van der Waals surface area contributed by atoms with Gasteiger partial charge in [-0.2, -0.15) is 4.98 Å². The largest absolute Gasteiger partial charge is 0.497 e. The van der Waals surface area contributed by atoms with Crippen molar-refractivity contribution in [3.05, 3.63) is 65.0 Å². The zero-order chi connectivity index (χ0) is 17.6. The Morgan fingerprint density at radius 3 is 2.76 bits per heavy atom. The van der Waals surface area contributed by atoms with Gasteiger partial charge < -0.3 is 14.6 Å². The molecular weight excluding hydrogens is 342 g/mol. The standard InChI is InChI=1S/C18H16ClN3O3/c1-24-15-7-5-12(6-8-15)9-16(23)20-11-17-21-18(22-25-17)13-3-2-4-14(19)10-13/h2-8,10H,9,11H2,1H3,(H,20,23). The van der Waals surface area contributed by atoms with E-state index in [9.17, 15) is 4.79 Å². The smallest absolute Gasteiger partial charge is 0.246 e. The van der Waals surface area contributed by atoms with Gasteiger partial charge in [0.05, 0.1) is 20.1 Å². The van der Waals surface area contributed by atoms with Gasteiger partial charge in [-0.15, -0.1) is 0 Å². The van der Waals surface area contributed by atoms with Crippen LogP contribution in [0.15, 0.2) is 53.1 Å². The molecule has 3 aromatic rings. The van der Waals surface area contributed by atoms with E-state index in [1.54, 1.807) is 19.2 Å². The molecule has 0 bridgehead atoms. The molecule has 0 fully saturated rings. The molecule has 0 aliphatic rings. The van der Waals surface area contributed by atoms with Crippen LogP contribution in [0.4, 0.5) is 0 Å². The lowest BCUT2D eigenvalue weighted by atomic mass is 10.1. The number of nitrogens with zero attached hydrogens (tertiary/aromatic N) is 2. The fraction of sp³-hybridized carbons (Fsp3) is 0.167. The zero-order valence-corrected chi connectivity index (χ0v) is 14.3. The minimum atomic E-state index is -0.132. The van der Waals surface area contributed by atoms with Crippen LogP contribution in [0, 0.1) is 0 Å².